The molecular formula is C19H32ClN5O. The molecule has 26 heavy (non-hydrogen) atoms. The van der Waals surface area contributed by atoms with E-state index in [1.807, 2.05) is 0 Å². The number of nitrogens with one attached hydrogen (secondary N) is 1. The minimum absolute atomic E-state index is 0. The number of hydrogen-bond acceptors (Lipinski definition) is 4. The van der Waals surface area contributed by atoms with Crippen LogP contribution in [0.1, 0.15) is 69.9 Å². The zero-order valence-electron chi connectivity index (χ0n) is 16.0. The molecule has 6 nitrogen and oxygen atoms in total. The van der Waals surface area contributed by atoms with Crippen LogP contribution in [-0.4, -0.2) is 45.2 Å². The number of carbonyl (C=O) groups is 1. The minimum atomic E-state index is -0.205. The van der Waals surface area contributed by atoms with Gasteiger partial charge in [-0.2, -0.15) is 0 Å². The van der Waals surface area contributed by atoms with Crippen molar-refractivity contribution in [2.75, 3.05) is 19.6 Å². The Morgan fingerprint density at radius 2 is 1.77 bits per heavy atom. The highest BCUT2D eigenvalue weighted by molar-refractivity contribution is 5.85. The Balaban J connectivity index is 0.00000196. The quantitative estimate of drug-likeness (QED) is 0.874. The molecule has 1 saturated carbocycles. The number of hydrogen-bond donors (Lipinski definition) is 1. The molecule has 0 atom stereocenters. The van der Waals surface area contributed by atoms with Crippen LogP contribution in [0.4, 0.5) is 0 Å². The van der Waals surface area contributed by atoms with Crippen molar-refractivity contribution in [2.24, 2.45) is 11.3 Å². The third-order valence-electron chi connectivity index (χ3n) is 6.73. The number of likely N-dealkylation sites (tertiary alicyclic amines) is 1. The van der Waals surface area contributed by atoms with E-state index in [1.54, 1.807) is 0 Å². The van der Waals surface area contributed by atoms with Crippen LogP contribution in [0, 0.1) is 11.3 Å². The first-order chi connectivity index (χ1) is 12.1. The summed E-state index contributed by atoms with van der Waals surface area (Å²) in [6.45, 7) is 8.83. The maximum Gasteiger partial charge on any atom is 0.228 e. The van der Waals surface area contributed by atoms with Gasteiger partial charge >= 0.3 is 0 Å². The largest absolute Gasteiger partial charge is 0.342 e. The highest BCUT2D eigenvalue weighted by atomic mass is 35.5. The number of rotatable bonds is 3. The van der Waals surface area contributed by atoms with Gasteiger partial charge in [0.15, 0.2) is 0 Å². The van der Waals surface area contributed by atoms with Gasteiger partial charge in [-0.05, 0) is 31.6 Å². The van der Waals surface area contributed by atoms with Gasteiger partial charge in [0.25, 0.3) is 0 Å². The molecule has 0 spiro atoms. The van der Waals surface area contributed by atoms with Crippen LogP contribution in [-0.2, 0) is 17.9 Å². The average molecular weight is 382 g/mol. The molecule has 4 rings (SSSR count). The number of amides is 1. The molecule has 0 bridgehead atoms. The molecule has 1 aromatic heterocycles. The van der Waals surface area contributed by atoms with Gasteiger partial charge in [-0.3, -0.25) is 4.79 Å². The second kappa shape index (κ2) is 7.85. The van der Waals surface area contributed by atoms with Crippen molar-refractivity contribution in [3.05, 3.63) is 11.6 Å². The van der Waals surface area contributed by atoms with Crippen LogP contribution >= 0.6 is 12.4 Å². The van der Waals surface area contributed by atoms with E-state index in [2.05, 4.69) is 38.8 Å². The van der Waals surface area contributed by atoms with Crippen LogP contribution < -0.4 is 5.32 Å². The van der Waals surface area contributed by atoms with Crippen molar-refractivity contribution in [1.29, 1.82) is 0 Å². The van der Waals surface area contributed by atoms with Gasteiger partial charge in [-0.15, -0.1) is 22.6 Å². The van der Waals surface area contributed by atoms with E-state index < -0.39 is 0 Å². The van der Waals surface area contributed by atoms with E-state index in [4.69, 9.17) is 0 Å². The predicted molar refractivity (Wildman–Crippen MR) is 103 cm³/mol. The molecule has 2 fully saturated rings. The molecule has 146 valence electrons. The van der Waals surface area contributed by atoms with Crippen molar-refractivity contribution >= 4 is 18.3 Å². The lowest BCUT2D eigenvalue weighted by Crippen LogP contribution is -2.47. The van der Waals surface area contributed by atoms with Gasteiger partial charge in [0.2, 0.25) is 5.91 Å². The van der Waals surface area contributed by atoms with Gasteiger partial charge < -0.3 is 14.8 Å². The van der Waals surface area contributed by atoms with Crippen molar-refractivity contribution in [3.8, 4) is 0 Å². The third-order valence-corrected chi connectivity index (χ3v) is 6.73. The third kappa shape index (κ3) is 3.50. The molecule has 1 aliphatic carbocycles. The molecule has 0 radical (unpaired) electrons. The number of carbonyl (C=O) groups excluding carboxylic acids is 1. The zero-order valence-corrected chi connectivity index (χ0v) is 16.9. The van der Waals surface area contributed by atoms with Crippen molar-refractivity contribution < 1.29 is 4.79 Å². The van der Waals surface area contributed by atoms with Crippen LogP contribution in [0.25, 0.3) is 0 Å². The molecular weight excluding hydrogens is 350 g/mol. The second-order valence-corrected chi connectivity index (χ2v) is 8.57. The number of nitrogens with zero attached hydrogens (tertiary/aromatic N) is 4. The molecule has 3 heterocycles. The number of piperidine rings is 1. The fourth-order valence-electron chi connectivity index (χ4n) is 4.99. The van der Waals surface area contributed by atoms with Gasteiger partial charge in [0.05, 0.1) is 6.54 Å². The molecule has 0 aromatic carbocycles. The highest BCUT2D eigenvalue weighted by Gasteiger charge is 2.41. The molecule has 3 aliphatic rings. The molecule has 1 aromatic rings. The van der Waals surface area contributed by atoms with E-state index in [-0.39, 0.29) is 17.8 Å². The first-order valence-corrected chi connectivity index (χ1v) is 9.99. The summed E-state index contributed by atoms with van der Waals surface area (Å²) in [4.78, 5) is 15.2. The standard InChI is InChI=1S/C19H31N5O.ClH/c1-19(2,15-5-3-4-6-15)18(25)23-10-7-14(8-11-23)17-22-21-16-13-20-9-12-24(16)17;/h14-15,20H,3-13H2,1-2H3;1H. The molecule has 1 saturated heterocycles. The lowest BCUT2D eigenvalue weighted by Gasteiger charge is -2.39. The lowest BCUT2D eigenvalue weighted by atomic mass is 9.76. The van der Waals surface area contributed by atoms with Crippen molar-refractivity contribution in [1.82, 2.24) is 25.0 Å². The summed E-state index contributed by atoms with van der Waals surface area (Å²) < 4.78 is 2.29. The monoisotopic (exact) mass is 381 g/mol. The summed E-state index contributed by atoms with van der Waals surface area (Å²) >= 11 is 0. The minimum Gasteiger partial charge on any atom is -0.342 e. The predicted octanol–water partition coefficient (Wildman–Crippen LogP) is 2.73. The van der Waals surface area contributed by atoms with E-state index in [0.717, 1.165) is 57.2 Å². The summed E-state index contributed by atoms with van der Waals surface area (Å²) in [5.74, 6) is 3.57. The van der Waals surface area contributed by atoms with Gasteiger partial charge in [-0.25, -0.2) is 0 Å². The van der Waals surface area contributed by atoms with Crippen LogP contribution in [0.15, 0.2) is 0 Å². The second-order valence-electron chi connectivity index (χ2n) is 8.57. The Bertz CT molecular complexity index is 630. The number of aromatic nitrogens is 3. The number of fused-ring (bicyclic) bond motifs is 1. The first kappa shape index (κ1) is 19.6. The normalized spacial score (nSPS) is 22.2. The van der Waals surface area contributed by atoms with Crippen LogP contribution in [0.5, 0.6) is 0 Å². The Morgan fingerprint density at radius 1 is 1.08 bits per heavy atom. The fraction of sp³-hybridized carbons (Fsp3) is 0.842. The van der Waals surface area contributed by atoms with Crippen LogP contribution in [0.3, 0.4) is 0 Å². The summed E-state index contributed by atoms with van der Waals surface area (Å²) in [5.41, 5.74) is -0.205. The zero-order chi connectivity index (χ0) is 17.4. The lowest BCUT2D eigenvalue weighted by molar-refractivity contribution is -0.144. The number of halogens is 1. The van der Waals surface area contributed by atoms with Gasteiger partial charge in [-0.1, -0.05) is 26.7 Å². The van der Waals surface area contributed by atoms with E-state index in [9.17, 15) is 4.79 Å². The van der Waals surface area contributed by atoms with Crippen molar-refractivity contribution in [3.63, 3.8) is 0 Å². The summed E-state index contributed by atoms with van der Waals surface area (Å²) in [7, 11) is 0. The maximum atomic E-state index is 13.1. The average Bonchev–Trinajstić information content (AvgIpc) is 3.31. The summed E-state index contributed by atoms with van der Waals surface area (Å²) in [5, 5.41) is 12.2. The molecule has 1 N–H and O–H groups in total. The Kier molecular flexibility index (Phi) is 5.92. The van der Waals surface area contributed by atoms with E-state index in [0.29, 0.717) is 17.7 Å². The van der Waals surface area contributed by atoms with Crippen LogP contribution in [0.2, 0.25) is 0 Å². The van der Waals surface area contributed by atoms with Crippen molar-refractivity contribution in [2.45, 2.75) is 71.4 Å². The molecule has 2 aliphatic heterocycles. The van der Waals surface area contributed by atoms with E-state index in [1.165, 1.54) is 25.7 Å². The first-order valence-electron chi connectivity index (χ1n) is 9.99. The topological polar surface area (TPSA) is 63.1 Å². The van der Waals surface area contributed by atoms with Gasteiger partial charge in [0.1, 0.15) is 11.6 Å². The molecule has 1 amide bonds. The summed E-state index contributed by atoms with van der Waals surface area (Å²) in [6.07, 6.45) is 7.03. The van der Waals surface area contributed by atoms with Gasteiger partial charge in [0, 0.05) is 37.5 Å². The highest BCUT2D eigenvalue weighted by Crippen LogP contribution is 2.41. The smallest absolute Gasteiger partial charge is 0.228 e. The SMILES string of the molecule is CC(C)(C(=O)N1CCC(c2nnc3n2CCNC3)CC1)C1CCCC1.Cl. The Labute approximate surface area is 162 Å². The molecule has 0 unspecified atom stereocenters. The summed E-state index contributed by atoms with van der Waals surface area (Å²) in [6, 6.07) is 0. The fourth-order valence-corrected chi connectivity index (χ4v) is 4.99. The van der Waals surface area contributed by atoms with E-state index >= 15 is 0 Å². The Morgan fingerprint density at radius 3 is 2.46 bits per heavy atom. The molecule has 7 heteroatoms. The maximum absolute atomic E-state index is 13.1. The Hall–Kier alpha value is -1.14.